The zero-order chi connectivity index (χ0) is 14.5. The van der Waals surface area contributed by atoms with E-state index in [0.717, 1.165) is 11.1 Å². The summed E-state index contributed by atoms with van der Waals surface area (Å²) in [5.41, 5.74) is 7.38. The molecule has 0 aliphatic heterocycles. The fourth-order valence-corrected chi connectivity index (χ4v) is 1.69. The van der Waals surface area contributed by atoms with Crippen molar-refractivity contribution in [3.8, 4) is 11.1 Å². The summed E-state index contributed by atoms with van der Waals surface area (Å²) in [4.78, 5) is 15.7. The van der Waals surface area contributed by atoms with E-state index < -0.39 is 18.9 Å². The van der Waals surface area contributed by atoms with Gasteiger partial charge in [0, 0.05) is 17.3 Å². The van der Waals surface area contributed by atoms with Crippen LogP contribution in [-0.4, -0.2) is 23.9 Å². The summed E-state index contributed by atoms with van der Waals surface area (Å²) in [6, 6.07) is 10.1. The molecule has 6 heteroatoms. The molecule has 2 aromatic rings. The molecule has 0 bridgehead atoms. The Morgan fingerprint density at radius 1 is 1.25 bits per heavy atom. The van der Waals surface area contributed by atoms with Gasteiger partial charge in [-0.25, -0.2) is 13.8 Å². The highest BCUT2D eigenvalue weighted by Gasteiger charge is 2.09. The number of halogens is 2. The highest BCUT2D eigenvalue weighted by molar-refractivity contribution is 5.95. The van der Waals surface area contributed by atoms with Crippen molar-refractivity contribution in [1.82, 2.24) is 10.3 Å². The Hall–Kier alpha value is -2.50. The SMILES string of the molecule is Nc1ccc(-c2cccc(C(=O)NCC(F)F)c2)cn1. The standard InChI is InChI=1S/C14H13F2N3O/c15-12(16)8-19-14(20)10-3-1-2-9(6-10)11-4-5-13(17)18-7-11/h1-7,12H,8H2,(H2,17,18)(H,19,20). The second kappa shape index (κ2) is 6.10. The van der Waals surface area contributed by atoms with Crippen molar-refractivity contribution in [1.29, 1.82) is 0 Å². The van der Waals surface area contributed by atoms with Crippen LogP contribution in [0.2, 0.25) is 0 Å². The third-order valence-electron chi connectivity index (χ3n) is 2.66. The van der Waals surface area contributed by atoms with Crippen molar-refractivity contribution >= 4 is 11.7 Å². The first-order valence-electron chi connectivity index (χ1n) is 5.94. The van der Waals surface area contributed by atoms with Crippen LogP contribution >= 0.6 is 0 Å². The number of nitrogens with one attached hydrogen (secondary N) is 1. The summed E-state index contributed by atoms with van der Waals surface area (Å²) >= 11 is 0. The molecule has 0 atom stereocenters. The van der Waals surface area contributed by atoms with Crippen LogP contribution < -0.4 is 11.1 Å². The topological polar surface area (TPSA) is 68.0 Å². The first-order chi connectivity index (χ1) is 9.56. The van der Waals surface area contributed by atoms with Gasteiger partial charge in [-0.2, -0.15) is 0 Å². The lowest BCUT2D eigenvalue weighted by molar-refractivity contribution is 0.0892. The predicted molar refractivity (Wildman–Crippen MR) is 72.4 cm³/mol. The maximum Gasteiger partial charge on any atom is 0.255 e. The maximum atomic E-state index is 12.1. The quantitative estimate of drug-likeness (QED) is 0.901. The number of carbonyl (C=O) groups is 1. The summed E-state index contributed by atoms with van der Waals surface area (Å²) in [7, 11) is 0. The molecular weight excluding hydrogens is 264 g/mol. The van der Waals surface area contributed by atoms with E-state index in [-0.39, 0.29) is 0 Å². The number of amides is 1. The van der Waals surface area contributed by atoms with Crippen LogP contribution in [0.25, 0.3) is 11.1 Å². The number of aromatic nitrogens is 1. The van der Waals surface area contributed by atoms with E-state index in [1.54, 1.807) is 42.6 Å². The number of anilines is 1. The van der Waals surface area contributed by atoms with Gasteiger partial charge >= 0.3 is 0 Å². The highest BCUT2D eigenvalue weighted by atomic mass is 19.3. The molecule has 2 rings (SSSR count). The first kappa shape index (κ1) is 13.9. The van der Waals surface area contributed by atoms with E-state index in [2.05, 4.69) is 10.3 Å². The van der Waals surface area contributed by atoms with Gasteiger partial charge in [-0.15, -0.1) is 0 Å². The maximum absolute atomic E-state index is 12.1. The summed E-state index contributed by atoms with van der Waals surface area (Å²) in [5, 5.41) is 2.16. The van der Waals surface area contributed by atoms with E-state index in [4.69, 9.17) is 5.73 Å². The van der Waals surface area contributed by atoms with Crippen LogP contribution in [-0.2, 0) is 0 Å². The van der Waals surface area contributed by atoms with Gasteiger partial charge in [0.05, 0.1) is 6.54 Å². The van der Waals surface area contributed by atoms with Crippen LogP contribution in [0.15, 0.2) is 42.6 Å². The number of carbonyl (C=O) groups excluding carboxylic acids is 1. The van der Waals surface area contributed by atoms with Crippen LogP contribution in [0.3, 0.4) is 0 Å². The van der Waals surface area contributed by atoms with E-state index in [1.807, 2.05) is 0 Å². The first-order valence-corrected chi connectivity index (χ1v) is 5.94. The third-order valence-corrected chi connectivity index (χ3v) is 2.66. The highest BCUT2D eigenvalue weighted by Crippen LogP contribution is 2.20. The minimum Gasteiger partial charge on any atom is -0.384 e. The Labute approximate surface area is 114 Å². The summed E-state index contributed by atoms with van der Waals surface area (Å²) in [5.74, 6) is -0.130. The monoisotopic (exact) mass is 277 g/mol. The van der Waals surface area contributed by atoms with Crippen LogP contribution in [0.4, 0.5) is 14.6 Å². The van der Waals surface area contributed by atoms with E-state index in [1.165, 1.54) is 0 Å². The number of alkyl halides is 2. The average Bonchev–Trinajstić information content (AvgIpc) is 2.45. The number of hydrogen-bond donors (Lipinski definition) is 2. The second-order valence-corrected chi connectivity index (χ2v) is 4.15. The zero-order valence-electron chi connectivity index (χ0n) is 10.5. The molecule has 0 fully saturated rings. The van der Waals surface area contributed by atoms with Gasteiger partial charge in [0.1, 0.15) is 5.82 Å². The molecule has 0 unspecified atom stereocenters. The van der Waals surface area contributed by atoms with Crippen molar-refractivity contribution in [2.45, 2.75) is 6.43 Å². The minimum absolute atomic E-state index is 0.319. The van der Waals surface area contributed by atoms with Gasteiger partial charge in [-0.1, -0.05) is 12.1 Å². The average molecular weight is 277 g/mol. The molecule has 0 saturated heterocycles. The lowest BCUT2D eigenvalue weighted by Gasteiger charge is -2.07. The molecule has 1 aromatic carbocycles. The van der Waals surface area contributed by atoms with Crippen LogP contribution in [0.5, 0.6) is 0 Å². The number of hydrogen-bond acceptors (Lipinski definition) is 3. The molecule has 20 heavy (non-hydrogen) atoms. The van der Waals surface area contributed by atoms with Crippen LogP contribution in [0.1, 0.15) is 10.4 Å². The molecule has 0 radical (unpaired) electrons. The Balaban J connectivity index is 2.19. The Kier molecular flexibility index (Phi) is 4.24. The van der Waals surface area contributed by atoms with E-state index in [0.29, 0.717) is 11.4 Å². The van der Waals surface area contributed by atoms with Gasteiger partial charge in [0.25, 0.3) is 12.3 Å². The molecule has 3 N–H and O–H groups in total. The molecule has 1 heterocycles. The fraction of sp³-hybridized carbons (Fsp3) is 0.143. The lowest BCUT2D eigenvalue weighted by Crippen LogP contribution is -2.28. The van der Waals surface area contributed by atoms with Gasteiger partial charge in [-0.3, -0.25) is 4.79 Å². The van der Waals surface area contributed by atoms with Crippen molar-refractivity contribution in [3.05, 3.63) is 48.2 Å². The molecule has 104 valence electrons. The van der Waals surface area contributed by atoms with E-state index >= 15 is 0 Å². The fourth-order valence-electron chi connectivity index (χ4n) is 1.69. The molecular formula is C14H13F2N3O. The molecule has 4 nitrogen and oxygen atoms in total. The second-order valence-electron chi connectivity index (χ2n) is 4.15. The summed E-state index contributed by atoms with van der Waals surface area (Å²) in [6.07, 6.45) is -0.977. The number of nitrogen functional groups attached to an aromatic ring is 1. The lowest BCUT2D eigenvalue weighted by atomic mass is 10.0. The molecule has 0 aliphatic carbocycles. The van der Waals surface area contributed by atoms with Crippen LogP contribution in [0, 0.1) is 0 Å². The van der Waals surface area contributed by atoms with Crippen molar-refractivity contribution in [3.63, 3.8) is 0 Å². The number of rotatable bonds is 4. The van der Waals surface area contributed by atoms with Gasteiger partial charge < -0.3 is 11.1 Å². The smallest absolute Gasteiger partial charge is 0.255 e. The van der Waals surface area contributed by atoms with E-state index in [9.17, 15) is 13.6 Å². The Bertz CT molecular complexity index is 600. The summed E-state index contributed by atoms with van der Waals surface area (Å²) < 4.78 is 24.1. The van der Waals surface area contributed by atoms with Gasteiger partial charge in [-0.05, 0) is 29.8 Å². The predicted octanol–water partition coefficient (Wildman–Crippen LogP) is 2.33. The zero-order valence-corrected chi connectivity index (χ0v) is 10.5. The number of pyridine rings is 1. The van der Waals surface area contributed by atoms with Crippen molar-refractivity contribution in [2.24, 2.45) is 0 Å². The number of nitrogens with two attached hydrogens (primary N) is 1. The summed E-state index contributed by atoms with van der Waals surface area (Å²) in [6.45, 7) is -0.660. The Morgan fingerprint density at radius 3 is 2.70 bits per heavy atom. The minimum atomic E-state index is -2.57. The van der Waals surface area contributed by atoms with Gasteiger partial charge in [0.15, 0.2) is 0 Å². The molecule has 1 amide bonds. The normalized spacial score (nSPS) is 10.6. The molecule has 1 aromatic heterocycles. The molecule has 0 aliphatic rings. The molecule has 0 spiro atoms. The third kappa shape index (κ3) is 3.50. The van der Waals surface area contributed by atoms with Gasteiger partial charge in [0.2, 0.25) is 0 Å². The van der Waals surface area contributed by atoms with Crippen molar-refractivity contribution in [2.75, 3.05) is 12.3 Å². The largest absolute Gasteiger partial charge is 0.384 e. The van der Waals surface area contributed by atoms with Crippen molar-refractivity contribution < 1.29 is 13.6 Å². The Morgan fingerprint density at radius 2 is 2.05 bits per heavy atom. The molecule has 0 saturated carbocycles. The number of benzene rings is 1. The number of nitrogens with zero attached hydrogens (tertiary/aromatic N) is 1.